The number of hydroxylamine groups is 1. The fourth-order valence-electron chi connectivity index (χ4n) is 3.69. The fourth-order valence-corrected chi connectivity index (χ4v) is 5.22. The Labute approximate surface area is 240 Å². The molecule has 226 valence electrons. The van der Waals surface area contributed by atoms with E-state index in [0.29, 0.717) is 47.8 Å². The van der Waals surface area contributed by atoms with Crippen molar-refractivity contribution in [1.29, 1.82) is 0 Å². The maximum Gasteiger partial charge on any atom is 0.258 e. The highest BCUT2D eigenvalue weighted by Gasteiger charge is 2.30. The number of hydrogen-bond donors (Lipinski definition) is 4. The van der Waals surface area contributed by atoms with Crippen LogP contribution < -0.4 is 15.5 Å². The third-order valence-electron chi connectivity index (χ3n) is 5.97. The smallest absolute Gasteiger partial charge is 0.258 e. The lowest BCUT2D eigenvalue weighted by molar-refractivity contribution is -0.130. The van der Waals surface area contributed by atoms with Crippen LogP contribution in [0.4, 0.5) is 8.78 Å². The highest BCUT2D eigenvalue weighted by Crippen LogP contribution is 2.31. The van der Waals surface area contributed by atoms with Crippen molar-refractivity contribution in [2.45, 2.75) is 11.2 Å². The molecule has 1 unspecified atom stereocenters. The summed E-state index contributed by atoms with van der Waals surface area (Å²) in [7, 11) is -3.34. The molecule has 0 radical (unpaired) electrons. The molecular formula is C24H30ClF2N5O8S. The van der Waals surface area contributed by atoms with Gasteiger partial charge in [-0.05, 0) is 43.4 Å². The summed E-state index contributed by atoms with van der Waals surface area (Å²) >= 11 is 5.78. The van der Waals surface area contributed by atoms with E-state index in [2.05, 4.69) is 5.32 Å². The molecule has 1 fully saturated rings. The predicted octanol–water partition coefficient (Wildman–Crippen LogP) is 0.563. The van der Waals surface area contributed by atoms with E-state index in [0.717, 1.165) is 0 Å². The lowest BCUT2D eigenvalue weighted by Gasteiger charge is -2.29. The third-order valence-corrected chi connectivity index (χ3v) is 8.04. The zero-order valence-electron chi connectivity index (χ0n) is 21.9. The van der Waals surface area contributed by atoms with Crippen LogP contribution in [0.15, 0.2) is 41.3 Å². The van der Waals surface area contributed by atoms with E-state index in [-0.39, 0.29) is 18.8 Å². The number of morpholine rings is 1. The molecule has 13 nitrogen and oxygen atoms in total. The van der Waals surface area contributed by atoms with Gasteiger partial charge in [0.05, 0.1) is 31.2 Å². The van der Waals surface area contributed by atoms with Gasteiger partial charge in [0.25, 0.3) is 5.91 Å². The predicted molar refractivity (Wildman–Crippen MR) is 141 cm³/mol. The van der Waals surface area contributed by atoms with E-state index in [1.807, 2.05) is 4.90 Å². The maximum absolute atomic E-state index is 14.8. The molecule has 0 aliphatic carbocycles. The topological polar surface area (TPSA) is 161 Å². The van der Waals surface area contributed by atoms with Crippen molar-refractivity contribution in [3.8, 4) is 11.5 Å². The quantitative estimate of drug-likeness (QED) is 0.141. The summed E-state index contributed by atoms with van der Waals surface area (Å²) in [5, 5.41) is 22.0. The van der Waals surface area contributed by atoms with Crippen LogP contribution in [-0.4, -0.2) is 111 Å². The molecule has 4 N–H and O–H groups in total. The molecule has 1 aliphatic heterocycles. The normalized spacial score (nSPS) is 15.1. The van der Waals surface area contributed by atoms with Crippen molar-refractivity contribution < 1.29 is 46.6 Å². The monoisotopic (exact) mass is 621 g/mol. The third kappa shape index (κ3) is 9.27. The number of nitrogens with one attached hydrogen (secondary N) is 2. The Bertz CT molecular complexity index is 1290. The molecule has 1 saturated heterocycles. The molecule has 41 heavy (non-hydrogen) atoms. The Balaban J connectivity index is 1.71. The molecule has 0 spiro atoms. The average Bonchev–Trinajstić information content (AvgIpc) is 2.93. The van der Waals surface area contributed by atoms with Gasteiger partial charge in [0.1, 0.15) is 5.75 Å². The summed E-state index contributed by atoms with van der Waals surface area (Å²) < 4.78 is 67.2. The number of aliphatic hydroxyl groups excluding tert-OH is 1. The molecule has 2 aromatic carbocycles. The van der Waals surface area contributed by atoms with E-state index in [1.165, 1.54) is 41.7 Å². The zero-order valence-corrected chi connectivity index (χ0v) is 23.5. The summed E-state index contributed by atoms with van der Waals surface area (Å²) in [5.74, 6) is -5.09. The van der Waals surface area contributed by atoms with Crippen LogP contribution in [0.5, 0.6) is 11.5 Å². The summed E-state index contributed by atoms with van der Waals surface area (Å²) in [6.45, 7) is 0.442. The minimum absolute atomic E-state index is 0.0142. The van der Waals surface area contributed by atoms with E-state index in [4.69, 9.17) is 26.3 Å². The number of nitrogens with zero attached hydrogens (tertiary/aromatic N) is 3. The number of hydrogen-bond acceptors (Lipinski definition) is 10. The van der Waals surface area contributed by atoms with E-state index >= 15 is 0 Å². The fraction of sp³-hybridized carbons (Fsp3) is 0.417. The van der Waals surface area contributed by atoms with Crippen molar-refractivity contribution in [1.82, 2.24) is 24.9 Å². The Morgan fingerprint density at radius 3 is 2.32 bits per heavy atom. The van der Waals surface area contributed by atoms with Crippen molar-refractivity contribution in [2.24, 2.45) is 0 Å². The molecule has 0 saturated carbocycles. The van der Waals surface area contributed by atoms with Crippen LogP contribution in [0.25, 0.3) is 0 Å². The molecule has 0 aromatic heterocycles. The Morgan fingerprint density at radius 2 is 1.73 bits per heavy atom. The van der Waals surface area contributed by atoms with Crippen LogP contribution in [0.3, 0.4) is 0 Å². The number of likely N-dealkylation sites (N-methyl/N-ethyl adjacent to an activating group) is 1. The molecular weight excluding hydrogens is 592 g/mol. The van der Waals surface area contributed by atoms with Crippen LogP contribution in [0.1, 0.15) is 0 Å². The summed E-state index contributed by atoms with van der Waals surface area (Å²) in [4.78, 5) is 26.3. The number of ether oxygens (including phenoxy) is 2. The second kappa shape index (κ2) is 14.8. The molecule has 3 rings (SSSR count). The largest absolute Gasteiger partial charge is 0.451 e. The lowest BCUT2D eigenvalue weighted by Crippen LogP contribution is -2.52. The van der Waals surface area contributed by atoms with Gasteiger partial charge in [0.15, 0.2) is 23.7 Å². The molecule has 1 heterocycles. The van der Waals surface area contributed by atoms with Gasteiger partial charge < -0.3 is 19.9 Å². The van der Waals surface area contributed by atoms with Crippen LogP contribution in [0.2, 0.25) is 5.02 Å². The molecule has 2 aromatic rings. The van der Waals surface area contributed by atoms with Gasteiger partial charge in [-0.1, -0.05) is 11.6 Å². The SMILES string of the molecule is CN(CCN(CC(=O)NO)S(=O)(=O)c1cc(F)c(Oc2ccc(Cl)cc2)c(F)c1)C(O)NC(=O)CN1CCOCC1. The maximum atomic E-state index is 14.8. The van der Waals surface area contributed by atoms with Crippen LogP contribution >= 0.6 is 11.6 Å². The summed E-state index contributed by atoms with van der Waals surface area (Å²) in [5.41, 5.74) is 1.30. The second-order valence-corrected chi connectivity index (χ2v) is 11.3. The second-order valence-electron chi connectivity index (χ2n) is 8.96. The van der Waals surface area contributed by atoms with Gasteiger partial charge in [-0.2, -0.15) is 4.31 Å². The molecule has 1 atom stereocenters. The first-order valence-electron chi connectivity index (χ1n) is 12.2. The summed E-state index contributed by atoms with van der Waals surface area (Å²) in [6, 6.07) is 6.63. The number of amides is 2. The number of sulfonamides is 1. The average molecular weight is 622 g/mol. The van der Waals surface area contributed by atoms with E-state index in [1.54, 1.807) is 0 Å². The standard InChI is InChI=1S/C24H30ClF2N5O8S/c1-30(24(35)28-21(33)14-31-8-10-39-11-9-31)6-7-32(15-22(34)29-36)41(37,38)18-12-19(26)23(20(27)13-18)40-17-4-2-16(25)3-5-17/h2-5,12-13,24,35-36H,6-11,14-15H2,1H3,(H,28,33)(H,29,34). The number of rotatable bonds is 13. The first kappa shape index (κ1) is 32.6. The summed E-state index contributed by atoms with van der Waals surface area (Å²) in [6.07, 6.45) is -1.51. The number of halogens is 3. The minimum Gasteiger partial charge on any atom is -0.451 e. The molecule has 0 bridgehead atoms. The van der Waals surface area contributed by atoms with Gasteiger partial charge in [0, 0.05) is 31.2 Å². The van der Waals surface area contributed by atoms with Crippen LogP contribution in [0, 0.1) is 11.6 Å². The highest BCUT2D eigenvalue weighted by atomic mass is 35.5. The van der Waals surface area contributed by atoms with E-state index in [9.17, 15) is 31.9 Å². The Hall–Kier alpha value is -2.96. The number of carbonyl (C=O) groups is 2. The van der Waals surface area contributed by atoms with Crippen molar-refractivity contribution in [3.05, 3.63) is 53.1 Å². The van der Waals surface area contributed by atoms with E-state index < -0.39 is 63.6 Å². The van der Waals surface area contributed by atoms with Gasteiger partial charge in [-0.15, -0.1) is 0 Å². The first-order valence-corrected chi connectivity index (χ1v) is 14.1. The van der Waals surface area contributed by atoms with Crippen LogP contribution in [-0.2, 0) is 24.3 Å². The first-order chi connectivity index (χ1) is 19.4. The van der Waals surface area contributed by atoms with Crippen molar-refractivity contribution >= 4 is 33.4 Å². The molecule has 1 aliphatic rings. The lowest BCUT2D eigenvalue weighted by atomic mass is 10.3. The number of benzene rings is 2. The van der Waals surface area contributed by atoms with Gasteiger partial charge >= 0.3 is 0 Å². The Morgan fingerprint density at radius 1 is 1.12 bits per heavy atom. The minimum atomic E-state index is -4.72. The van der Waals surface area contributed by atoms with Crippen molar-refractivity contribution in [2.75, 3.05) is 59.5 Å². The Kier molecular flexibility index (Phi) is 11.7. The number of aliphatic hydroxyl groups is 1. The highest BCUT2D eigenvalue weighted by molar-refractivity contribution is 7.89. The zero-order chi connectivity index (χ0) is 30.2. The van der Waals surface area contributed by atoms with Gasteiger partial charge in [-0.3, -0.25) is 24.6 Å². The van der Waals surface area contributed by atoms with Crippen molar-refractivity contribution in [3.63, 3.8) is 0 Å². The molecule has 2 amide bonds. The molecule has 17 heteroatoms. The van der Waals surface area contributed by atoms with Gasteiger partial charge in [-0.25, -0.2) is 22.7 Å². The van der Waals surface area contributed by atoms with Gasteiger partial charge in [0.2, 0.25) is 15.9 Å². The number of carbonyl (C=O) groups excluding carboxylic acids is 2.